The highest BCUT2D eigenvalue weighted by atomic mass is 16.2. The second kappa shape index (κ2) is 8.09. The van der Waals surface area contributed by atoms with Gasteiger partial charge in [-0.25, -0.2) is 0 Å². The van der Waals surface area contributed by atoms with E-state index in [2.05, 4.69) is 29.5 Å². The molecule has 0 radical (unpaired) electrons. The standard InChI is InChI=1S/C27H24N4O/c1-6-21-16(2)29-25(26(21)19-9-7-18(15-28)8-10-19)14-23-22-13-20(17(3)31(4)5)11-12-24(22)30-27(23)32/h6-14,29H,1,3H2,2,4-5H3,(H,30,32)/b23-14-. The predicted molar refractivity (Wildman–Crippen MR) is 131 cm³/mol. The average molecular weight is 421 g/mol. The number of amides is 1. The van der Waals surface area contributed by atoms with Gasteiger partial charge in [-0.15, -0.1) is 0 Å². The van der Waals surface area contributed by atoms with Gasteiger partial charge in [-0.05, 0) is 48.4 Å². The lowest BCUT2D eigenvalue weighted by Crippen LogP contribution is -2.08. The van der Waals surface area contributed by atoms with Crippen LogP contribution in [0.4, 0.5) is 5.69 Å². The number of carbonyl (C=O) groups excluding carboxylic acids is 1. The van der Waals surface area contributed by atoms with Crippen LogP contribution in [-0.4, -0.2) is 29.9 Å². The number of carbonyl (C=O) groups is 1. The van der Waals surface area contributed by atoms with Crippen LogP contribution in [0.15, 0.2) is 55.6 Å². The molecule has 0 unspecified atom stereocenters. The third kappa shape index (κ3) is 3.52. The van der Waals surface area contributed by atoms with Crippen molar-refractivity contribution in [3.05, 3.63) is 89.3 Å². The van der Waals surface area contributed by atoms with Crippen LogP contribution in [0, 0.1) is 18.3 Å². The van der Waals surface area contributed by atoms with E-state index < -0.39 is 0 Å². The summed E-state index contributed by atoms with van der Waals surface area (Å²) in [6.07, 6.45) is 3.69. The molecule has 1 aliphatic heterocycles. The van der Waals surface area contributed by atoms with Gasteiger partial charge in [-0.2, -0.15) is 5.26 Å². The van der Waals surface area contributed by atoms with Crippen LogP contribution >= 0.6 is 0 Å². The number of nitrogens with one attached hydrogen (secondary N) is 2. The molecular formula is C27H24N4O. The minimum Gasteiger partial charge on any atom is -0.378 e. The molecule has 2 heterocycles. The summed E-state index contributed by atoms with van der Waals surface area (Å²) in [7, 11) is 3.89. The molecule has 1 aromatic heterocycles. The van der Waals surface area contributed by atoms with Crippen LogP contribution in [0.25, 0.3) is 34.5 Å². The number of aromatic nitrogens is 1. The van der Waals surface area contributed by atoms with Gasteiger partial charge in [0.1, 0.15) is 0 Å². The molecule has 0 atom stereocenters. The molecule has 0 aliphatic carbocycles. The SMILES string of the molecule is C=Cc1c(C)[nH]c(/C=C2\C(=O)Nc3ccc(C(=C)N(C)C)cc32)c1-c1ccc(C#N)cc1. The normalized spacial score (nSPS) is 13.4. The molecule has 3 aromatic rings. The summed E-state index contributed by atoms with van der Waals surface area (Å²) in [6.45, 7) is 10.1. The van der Waals surface area contributed by atoms with Gasteiger partial charge >= 0.3 is 0 Å². The second-order valence-corrected chi connectivity index (χ2v) is 7.96. The Kier molecular flexibility index (Phi) is 5.29. The van der Waals surface area contributed by atoms with E-state index in [0.717, 1.165) is 50.6 Å². The van der Waals surface area contributed by atoms with Crippen LogP contribution in [0.1, 0.15) is 33.6 Å². The summed E-state index contributed by atoms with van der Waals surface area (Å²) in [5, 5.41) is 12.1. The summed E-state index contributed by atoms with van der Waals surface area (Å²) in [5.74, 6) is -0.147. The Morgan fingerprint density at radius 3 is 2.50 bits per heavy atom. The largest absolute Gasteiger partial charge is 0.378 e. The van der Waals surface area contributed by atoms with Crippen molar-refractivity contribution >= 4 is 35.0 Å². The molecule has 5 heteroatoms. The van der Waals surface area contributed by atoms with Gasteiger partial charge in [0, 0.05) is 53.6 Å². The Morgan fingerprint density at radius 1 is 1.16 bits per heavy atom. The van der Waals surface area contributed by atoms with Gasteiger partial charge in [-0.1, -0.05) is 37.4 Å². The van der Waals surface area contributed by atoms with Crippen molar-refractivity contribution in [1.29, 1.82) is 5.26 Å². The van der Waals surface area contributed by atoms with Crippen molar-refractivity contribution in [2.75, 3.05) is 19.4 Å². The van der Waals surface area contributed by atoms with Crippen molar-refractivity contribution in [2.45, 2.75) is 6.92 Å². The zero-order chi connectivity index (χ0) is 23.0. The maximum Gasteiger partial charge on any atom is 0.256 e. The number of nitrogens with zero attached hydrogens (tertiary/aromatic N) is 2. The molecule has 32 heavy (non-hydrogen) atoms. The number of aryl methyl sites for hydroxylation is 1. The molecule has 1 amide bonds. The lowest BCUT2D eigenvalue weighted by molar-refractivity contribution is -0.110. The lowest BCUT2D eigenvalue weighted by atomic mass is 9.96. The van der Waals surface area contributed by atoms with Crippen molar-refractivity contribution in [3.8, 4) is 17.2 Å². The van der Waals surface area contributed by atoms with E-state index in [1.54, 1.807) is 12.1 Å². The van der Waals surface area contributed by atoms with E-state index >= 15 is 0 Å². The van der Waals surface area contributed by atoms with Crippen molar-refractivity contribution in [1.82, 2.24) is 9.88 Å². The predicted octanol–water partition coefficient (Wildman–Crippen LogP) is 5.53. The summed E-state index contributed by atoms with van der Waals surface area (Å²) in [4.78, 5) is 18.2. The smallest absolute Gasteiger partial charge is 0.256 e. The lowest BCUT2D eigenvalue weighted by Gasteiger charge is -2.16. The van der Waals surface area contributed by atoms with E-state index in [0.29, 0.717) is 11.1 Å². The summed E-state index contributed by atoms with van der Waals surface area (Å²) >= 11 is 0. The molecule has 0 bridgehead atoms. The monoisotopic (exact) mass is 420 g/mol. The Morgan fingerprint density at radius 2 is 1.88 bits per heavy atom. The van der Waals surface area contributed by atoms with Crippen LogP contribution in [0.2, 0.25) is 0 Å². The van der Waals surface area contributed by atoms with Gasteiger partial charge in [0.25, 0.3) is 5.91 Å². The van der Waals surface area contributed by atoms with Gasteiger partial charge in [0.05, 0.1) is 17.2 Å². The first-order valence-corrected chi connectivity index (χ1v) is 10.2. The zero-order valence-electron chi connectivity index (χ0n) is 18.4. The van der Waals surface area contributed by atoms with Crippen molar-refractivity contribution in [2.24, 2.45) is 0 Å². The summed E-state index contributed by atoms with van der Waals surface area (Å²) in [5.41, 5.74) is 9.27. The molecule has 0 saturated heterocycles. The average Bonchev–Trinajstić information content (AvgIpc) is 3.28. The zero-order valence-corrected chi connectivity index (χ0v) is 18.4. The van der Waals surface area contributed by atoms with Gasteiger partial charge in [0.15, 0.2) is 0 Å². The molecule has 2 N–H and O–H groups in total. The Balaban J connectivity index is 1.88. The maximum absolute atomic E-state index is 12.9. The molecule has 0 saturated carbocycles. The number of hydrogen-bond donors (Lipinski definition) is 2. The Labute approximate surface area is 188 Å². The van der Waals surface area contributed by atoms with Gasteiger partial charge in [0.2, 0.25) is 0 Å². The number of nitriles is 1. The molecule has 4 rings (SSSR count). The Hall–Kier alpha value is -4.30. The number of aromatic amines is 1. The molecular weight excluding hydrogens is 396 g/mol. The first kappa shape index (κ1) is 21.0. The Bertz CT molecular complexity index is 1330. The minimum absolute atomic E-state index is 0.147. The first-order chi connectivity index (χ1) is 15.3. The third-order valence-corrected chi connectivity index (χ3v) is 5.74. The fraction of sp³-hybridized carbons (Fsp3) is 0.111. The first-order valence-electron chi connectivity index (χ1n) is 10.2. The highest BCUT2D eigenvalue weighted by molar-refractivity contribution is 6.35. The van der Waals surface area contributed by atoms with Gasteiger partial charge in [-0.3, -0.25) is 4.79 Å². The number of H-pyrrole nitrogens is 1. The molecule has 0 spiro atoms. The fourth-order valence-electron chi connectivity index (χ4n) is 3.96. The number of anilines is 1. The van der Waals surface area contributed by atoms with Crippen LogP contribution < -0.4 is 5.32 Å². The molecule has 5 nitrogen and oxygen atoms in total. The highest BCUT2D eigenvalue weighted by Gasteiger charge is 2.26. The molecule has 2 aromatic carbocycles. The van der Waals surface area contributed by atoms with Crippen molar-refractivity contribution < 1.29 is 4.79 Å². The van der Waals surface area contributed by atoms with E-state index in [4.69, 9.17) is 5.26 Å². The summed E-state index contributed by atoms with van der Waals surface area (Å²) in [6, 6.07) is 15.4. The molecule has 158 valence electrons. The van der Waals surface area contributed by atoms with Gasteiger partial charge < -0.3 is 15.2 Å². The number of rotatable bonds is 5. The van der Waals surface area contributed by atoms with E-state index in [-0.39, 0.29) is 5.91 Å². The van der Waals surface area contributed by atoms with Crippen LogP contribution in [-0.2, 0) is 4.79 Å². The third-order valence-electron chi connectivity index (χ3n) is 5.74. The number of fused-ring (bicyclic) bond motifs is 1. The molecule has 0 fully saturated rings. The quantitative estimate of drug-likeness (QED) is 0.533. The number of benzene rings is 2. The van der Waals surface area contributed by atoms with Crippen LogP contribution in [0.5, 0.6) is 0 Å². The fourth-order valence-corrected chi connectivity index (χ4v) is 3.96. The van der Waals surface area contributed by atoms with E-state index in [9.17, 15) is 4.79 Å². The summed E-state index contributed by atoms with van der Waals surface area (Å²) < 4.78 is 0. The maximum atomic E-state index is 12.9. The van der Waals surface area contributed by atoms with Crippen LogP contribution in [0.3, 0.4) is 0 Å². The topological polar surface area (TPSA) is 71.9 Å². The van der Waals surface area contributed by atoms with E-state index in [1.807, 2.05) is 68.4 Å². The minimum atomic E-state index is -0.147. The molecule has 1 aliphatic rings. The van der Waals surface area contributed by atoms with Crippen molar-refractivity contribution in [3.63, 3.8) is 0 Å². The number of hydrogen-bond acceptors (Lipinski definition) is 3. The van der Waals surface area contributed by atoms with E-state index in [1.165, 1.54) is 0 Å². The second-order valence-electron chi connectivity index (χ2n) is 7.96. The highest BCUT2D eigenvalue weighted by Crippen LogP contribution is 2.38.